The van der Waals surface area contributed by atoms with Crippen LogP contribution in [0.4, 0.5) is 0 Å². The van der Waals surface area contributed by atoms with E-state index in [0.717, 1.165) is 18.4 Å². The molecule has 1 aliphatic rings. The molecule has 1 saturated heterocycles. The molecule has 0 aliphatic carbocycles. The number of aryl methyl sites for hydroxylation is 1. The number of hydrogen-bond donors (Lipinski definition) is 1. The van der Waals surface area contributed by atoms with Gasteiger partial charge in [-0.1, -0.05) is 30.3 Å². The average molecular weight is 282 g/mol. The standard InChI is InChI=1S/C14H22N2O2S/c1-15-14-8-5-10-16(12-14)19(17,18)11-9-13-6-3-2-4-7-13/h2-4,6-7,14-15H,5,8-12H2,1H3. The van der Waals surface area contributed by atoms with Gasteiger partial charge in [-0.2, -0.15) is 0 Å². The summed E-state index contributed by atoms with van der Waals surface area (Å²) >= 11 is 0. The molecule has 0 saturated carbocycles. The zero-order valence-electron chi connectivity index (χ0n) is 11.4. The smallest absolute Gasteiger partial charge is 0.214 e. The molecular formula is C14H22N2O2S. The summed E-state index contributed by atoms with van der Waals surface area (Å²) in [5, 5.41) is 3.17. The number of rotatable bonds is 5. The molecule has 0 bridgehead atoms. The van der Waals surface area contributed by atoms with Crippen LogP contribution in [0.15, 0.2) is 30.3 Å². The van der Waals surface area contributed by atoms with Crippen molar-refractivity contribution in [3.05, 3.63) is 35.9 Å². The van der Waals surface area contributed by atoms with Crippen LogP contribution in [0.3, 0.4) is 0 Å². The molecule has 1 unspecified atom stereocenters. The quantitative estimate of drug-likeness (QED) is 0.884. The summed E-state index contributed by atoms with van der Waals surface area (Å²) in [7, 11) is -1.24. The molecule has 0 aromatic heterocycles. The van der Waals surface area contributed by atoms with Crippen LogP contribution in [0.25, 0.3) is 0 Å². The van der Waals surface area contributed by atoms with E-state index in [0.29, 0.717) is 25.6 Å². The van der Waals surface area contributed by atoms with Gasteiger partial charge in [0.2, 0.25) is 10.0 Å². The van der Waals surface area contributed by atoms with Gasteiger partial charge in [-0.05, 0) is 31.9 Å². The molecule has 0 amide bonds. The molecule has 2 rings (SSSR count). The van der Waals surface area contributed by atoms with E-state index in [1.54, 1.807) is 4.31 Å². The summed E-state index contributed by atoms with van der Waals surface area (Å²) in [4.78, 5) is 0. The molecule has 1 aromatic rings. The fourth-order valence-corrected chi connectivity index (χ4v) is 4.02. The lowest BCUT2D eigenvalue weighted by atomic mass is 10.1. The highest BCUT2D eigenvalue weighted by molar-refractivity contribution is 7.89. The molecule has 1 heterocycles. The Kier molecular flexibility index (Phi) is 4.96. The van der Waals surface area contributed by atoms with Crippen molar-refractivity contribution in [1.82, 2.24) is 9.62 Å². The summed E-state index contributed by atoms with van der Waals surface area (Å²) in [6, 6.07) is 10.1. The average Bonchev–Trinajstić information content (AvgIpc) is 2.46. The number of nitrogens with one attached hydrogen (secondary N) is 1. The van der Waals surface area contributed by atoms with Gasteiger partial charge in [0.25, 0.3) is 0 Å². The van der Waals surface area contributed by atoms with Crippen molar-refractivity contribution >= 4 is 10.0 Å². The topological polar surface area (TPSA) is 49.4 Å². The summed E-state index contributed by atoms with van der Waals surface area (Å²) < 4.78 is 26.3. The normalized spacial score (nSPS) is 21.4. The Morgan fingerprint density at radius 1 is 1.32 bits per heavy atom. The van der Waals surface area contributed by atoms with Gasteiger partial charge in [0, 0.05) is 19.1 Å². The van der Waals surface area contributed by atoms with Crippen molar-refractivity contribution in [2.24, 2.45) is 0 Å². The second-order valence-electron chi connectivity index (χ2n) is 5.04. The van der Waals surface area contributed by atoms with Crippen LogP contribution in [0.5, 0.6) is 0 Å². The maximum atomic E-state index is 12.3. The molecule has 4 nitrogen and oxygen atoms in total. The minimum absolute atomic E-state index is 0.202. The molecule has 5 heteroatoms. The summed E-state index contributed by atoms with van der Waals surface area (Å²) in [5.41, 5.74) is 1.08. The first-order chi connectivity index (χ1) is 9.12. The third kappa shape index (κ3) is 4.03. The highest BCUT2D eigenvalue weighted by atomic mass is 32.2. The first-order valence-corrected chi connectivity index (χ1v) is 8.42. The third-order valence-electron chi connectivity index (χ3n) is 3.68. The van der Waals surface area contributed by atoms with E-state index in [2.05, 4.69) is 5.32 Å². The molecule has 1 aliphatic heterocycles. The SMILES string of the molecule is CNC1CCCN(S(=O)(=O)CCc2ccccc2)C1. The maximum absolute atomic E-state index is 12.3. The predicted octanol–water partition coefficient (Wildman–Crippen LogP) is 1.24. The van der Waals surface area contributed by atoms with Crippen LogP contribution < -0.4 is 5.32 Å². The molecule has 0 radical (unpaired) electrons. The lowest BCUT2D eigenvalue weighted by molar-refractivity contribution is 0.293. The van der Waals surface area contributed by atoms with Gasteiger partial charge in [0.05, 0.1) is 5.75 Å². The van der Waals surface area contributed by atoms with Crippen molar-refractivity contribution < 1.29 is 8.42 Å². The number of sulfonamides is 1. The van der Waals surface area contributed by atoms with Crippen LogP contribution in [0.2, 0.25) is 0 Å². The number of hydrogen-bond acceptors (Lipinski definition) is 3. The van der Waals surface area contributed by atoms with E-state index in [-0.39, 0.29) is 5.75 Å². The molecule has 1 atom stereocenters. The zero-order valence-corrected chi connectivity index (χ0v) is 12.2. The first kappa shape index (κ1) is 14.5. The Labute approximate surface area is 115 Å². The largest absolute Gasteiger partial charge is 0.316 e. The predicted molar refractivity (Wildman–Crippen MR) is 77.6 cm³/mol. The Balaban J connectivity index is 1.94. The van der Waals surface area contributed by atoms with Gasteiger partial charge in [0.1, 0.15) is 0 Å². The van der Waals surface area contributed by atoms with E-state index in [1.165, 1.54) is 0 Å². The van der Waals surface area contributed by atoms with E-state index in [9.17, 15) is 8.42 Å². The van der Waals surface area contributed by atoms with Gasteiger partial charge in [0.15, 0.2) is 0 Å². The molecule has 1 fully saturated rings. The maximum Gasteiger partial charge on any atom is 0.214 e. The van der Waals surface area contributed by atoms with Crippen LogP contribution in [0, 0.1) is 0 Å². The van der Waals surface area contributed by atoms with Gasteiger partial charge in [-0.3, -0.25) is 0 Å². The Morgan fingerprint density at radius 3 is 2.74 bits per heavy atom. The minimum Gasteiger partial charge on any atom is -0.316 e. The number of likely N-dealkylation sites (N-methyl/N-ethyl adjacent to an activating group) is 1. The Hall–Kier alpha value is -0.910. The van der Waals surface area contributed by atoms with Crippen LogP contribution >= 0.6 is 0 Å². The molecule has 0 spiro atoms. The van der Waals surface area contributed by atoms with Crippen LogP contribution in [-0.2, 0) is 16.4 Å². The van der Waals surface area contributed by atoms with Crippen LogP contribution in [0.1, 0.15) is 18.4 Å². The lowest BCUT2D eigenvalue weighted by Crippen LogP contribution is -2.47. The van der Waals surface area contributed by atoms with Gasteiger partial charge in [-0.25, -0.2) is 12.7 Å². The monoisotopic (exact) mass is 282 g/mol. The highest BCUT2D eigenvalue weighted by Gasteiger charge is 2.27. The number of piperidine rings is 1. The van der Waals surface area contributed by atoms with E-state index >= 15 is 0 Å². The van der Waals surface area contributed by atoms with Crippen molar-refractivity contribution in [2.75, 3.05) is 25.9 Å². The van der Waals surface area contributed by atoms with Crippen molar-refractivity contribution in [2.45, 2.75) is 25.3 Å². The highest BCUT2D eigenvalue weighted by Crippen LogP contribution is 2.15. The van der Waals surface area contributed by atoms with Crippen molar-refractivity contribution in [3.8, 4) is 0 Å². The molecular weight excluding hydrogens is 260 g/mol. The fourth-order valence-electron chi connectivity index (χ4n) is 2.45. The molecule has 1 aromatic carbocycles. The molecule has 106 valence electrons. The van der Waals surface area contributed by atoms with Gasteiger partial charge in [-0.15, -0.1) is 0 Å². The summed E-state index contributed by atoms with van der Waals surface area (Å²) in [5.74, 6) is 0.202. The van der Waals surface area contributed by atoms with Gasteiger partial charge >= 0.3 is 0 Å². The van der Waals surface area contributed by atoms with E-state index < -0.39 is 10.0 Å². The zero-order chi connectivity index (χ0) is 13.7. The summed E-state index contributed by atoms with van der Waals surface area (Å²) in [6.07, 6.45) is 2.58. The first-order valence-electron chi connectivity index (χ1n) is 6.81. The minimum atomic E-state index is -3.13. The second-order valence-corrected chi connectivity index (χ2v) is 7.13. The Bertz CT molecular complexity index is 487. The summed E-state index contributed by atoms with van der Waals surface area (Å²) in [6.45, 7) is 1.27. The Morgan fingerprint density at radius 2 is 2.05 bits per heavy atom. The number of benzene rings is 1. The van der Waals surface area contributed by atoms with Crippen LogP contribution in [-0.4, -0.2) is 44.7 Å². The van der Waals surface area contributed by atoms with Gasteiger partial charge < -0.3 is 5.32 Å². The molecule has 1 N–H and O–H groups in total. The van der Waals surface area contributed by atoms with E-state index in [1.807, 2.05) is 37.4 Å². The lowest BCUT2D eigenvalue weighted by Gasteiger charge is -2.31. The van der Waals surface area contributed by atoms with Crippen molar-refractivity contribution in [1.29, 1.82) is 0 Å². The number of nitrogens with zero attached hydrogens (tertiary/aromatic N) is 1. The van der Waals surface area contributed by atoms with E-state index in [4.69, 9.17) is 0 Å². The van der Waals surface area contributed by atoms with Crippen molar-refractivity contribution in [3.63, 3.8) is 0 Å². The molecule has 19 heavy (non-hydrogen) atoms. The fraction of sp³-hybridized carbons (Fsp3) is 0.571. The third-order valence-corrected chi connectivity index (χ3v) is 5.52. The second kappa shape index (κ2) is 6.50.